The van der Waals surface area contributed by atoms with E-state index in [1.165, 1.54) is 0 Å². The fraction of sp³-hybridized carbons (Fsp3) is 0.450. The van der Waals surface area contributed by atoms with Crippen molar-refractivity contribution in [3.63, 3.8) is 0 Å². The Labute approximate surface area is 148 Å². The van der Waals surface area contributed by atoms with Gasteiger partial charge in [0.05, 0.1) is 0 Å². The number of anilines is 1. The maximum absolute atomic E-state index is 12.2. The molecule has 1 fully saturated rings. The molecule has 25 heavy (non-hydrogen) atoms. The molecule has 0 saturated carbocycles. The van der Waals surface area contributed by atoms with Crippen molar-refractivity contribution >= 4 is 5.69 Å². The van der Waals surface area contributed by atoms with Gasteiger partial charge in [-0.05, 0) is 57.9 Å². The van der Waals surface area contributed by atoms with Gasteiger partial charge in [-0.3, -0.25) is 4.79 Å². The summed E-state index contributed by atoms with van der Waals surface area (Å²) in [5, 5.41) is 0. The van der Waals surface area contributed by atoms with Crippen LogP contribution in [0.2, 0.25) is 0 Å². The van der Waals surface area contributed by atoms with E-state index in [1.807, 2.05) is 45.0 Å². The summed E-state index contributed by atoms with van der Waals surface area (Å²) in [6.07, 6.45) is 6.33. The van der Waals surface area contributed by atoms with Gasteiger partial charge in [-0.25, -0.2) is 0 Å². The summed E-state index contributed by atoms with van der Waals surface area (Å²) in [5.41, 5.74) is 0.458. The van der Waals surface area contributed by atoms with Crippen molar-refractivity contribution in [2.24, 2.45) is 0 Å². The summed E-state index contributed by atoms with van der Waals surface area (Å²) in [4.78, 5) is 17.2. The minimum absolute atomic E-state index is 0.0168. The number of pyridine rings is 1. The van der Waals surface area contributed by atoms with Crippen molar-refractivity contribution < 1.29 is 9.47 Å². The van der Waals surface area contributed by atoms with Crippen molar-refractivity contribution in [3.05, 3.63) is 52.9 Å². The van der Waals surface area contributed by atoms with Crippen LogP contribution in [0.15, 0.2) is 47.5 Å². The highest BCUT2D eigenvalue weighted by Crippen LogP contribution is 2.27. The summed E-state index contributed by atoms with van der Waals surface area (Å²) < 4.78 is 12.0. The number of nitrogens with zero attached hydrogens (tertiary/aromatic N) is 1. The van der Waals surface area contributed by atoms with Gasteiger partial charge < -0.3 is 19.4 Å². The molecule has 5 nitrogen and oxygen atoms in total. The largest absolute Gasteiger partial charge is 0.488 e. The predicted molar refractivity (Wildman–Crippen MR) is 99.5 cm³/mol. The number of H-pyrrole nitrogens is 1. The third-order valence-electron chi connectivity index (χ3n) is 4.08. The summed E-state index contributed by atoms with van der Waals surface area (Å²) >= 11 is 0. The molecule has 2 aromatic rings. The number of aromatic nitrogens is 1. The van der Waals surface area contributed by atoms with Gasteiger partial charge in [0.25, 0.3) is 0 Å². The molecule has 1 aromatic carbocycles. The second-order valence-corrected chi connectivity index (χ2v) is 7.34. The summed E-state index contributed by atoms with van der Waals surface area (Å²) in [6, 6.07) is 9.23. The Hall–Kier alpha value is -2.43. The second kappa shape index (κ2) is 7.21. The topological polar surface area (TPSA) is 54.6 Å². The van der Waals surface area contributed by atoms with Crippen LogP contribution in [0.4, 0.5) is 5.69 Å². The Morgan fingerprint density at radius 1 is 1.08 bits per heavy atom. The van der Waals surface area contributed by atoms with Crippen LogP contribution in [0.3, 0.4) is 0 Å². The Balaban J connectivity index is 1.74. The smallest absolute Gasteiger partial charge is 0.204 e. The maximum atomic E-state index is 12.2. The lowest BCUT2D eigenvalue weighted by Crippen LogP contribution is -2.45. The molecule has 0 bridgehead atoms. The van der Waals surface area contributed by atoms with Crippen molar-refractivity contribution in [1.29, 1.82) is 0 Å². The van der Waals surface area contributed by atoms with Gasteiger partial charge in [0, 0.05) is 31.4 Å². The SMILES string of the molecule is CC(C)(C)Oc1ccc(OC2CCCCN2c2c[nH]ccc2=O)cc1. The van der Waals surface area contributed by atoms with Crippen LogP contribution in [0.1, 0.15) is 40.0 Å². The van der Waals surface area contributed by atoms with E-state index in [0.717, 1.165) is 37.3 Å². The first-order valence-electron chi connectivity index (χ1n) is 8.82. The van der Waals surface area contributed by atoms with Crippen LogP contribution in [0.25, 0.3) is 0 Å². The molecular formula is C20H26N2O3. The van der Waals surface area contributed by atoms with Gasteiger partial charge in [0.15, 0.2) is 6.23 Å². The third-order valence-corrected chi connectivity index (χ3v) is 4.08. The number of rotatable bonds is 4. The standard InChI is InChI=1S/C20H26N2O3/c1-20(2,3)25-16-9-7-15(8-10-16)24-19-6-4-5-13-22(19)17-14-21-12-11-18(17)23/h7-12,14,19H,4-6,13H2,1-3H3,(H,21,23). The second-order valence-electron chi connectivity index (χ2n) is 7.34. The third kappa shape index (κ3) is 4.56. The highest BCUT2D eigenvalue weighted by atomic mass is 16.5. The molecule has 2 heterocycles. The molecule has 0 amide bonds. The molecule has 0 radical (unpaired) electrons. The lowest BCUT2D eigenvalue weighted by Gasteiger charge is -2.36. The van der Waals surface area contributed by atoms with E-state index in [2.05, 4.69) is 9.88 Å². The van der Waals surface area contributed by atoms with Gasteiger partial charge in [-0.1, -0.05) is 0 Å². The summed E-state index contributed by atoms with van der Waals surface area (Å²) in [6.45, 7) is 6.89. The van der Waals surface area contributed by atoms with Gasteiger partial charge >= 0.3 is 0 Å². The molecule has 1 aliphatic rings. The number of piperidine rings is 1. The number of hydrogen-bond acceptors (Lipinski definition) is 4. The molecule has 1 atom stereocenters. The van der Waals surface area contributed by atoms with E-state index >= 15 is 0 Å². The van der Waals surface area contributed by atoms with E-state index in [1.54, 1.807) is 18.5 Å². The van der Waals surface area contributed by atoms with Crippen LogP contribution in [0, 0.1) is 0 Å². The zero-order valence-electron chi connectivity index (χ0n) is 15.1. The minimum atomic E-state index is -0.225. The lowest BCUT2D eigenvalue weighted by atomic mass is 10.1. The number of benzene rings is 1. The van der Waals surface area contributed by atoms with Gasteiger partial charge in [-0.15, -0.1) is 0 Å². The molecule has 0 spiro atoms. The molecule has 3 rings (SSSR count). The van der Waals surface area contributed by atoms with Crippen molar-refractivity contribution in [1.82, 2.24) is 4.98 Å². The van der Waals surface area contributed by atoms with Crippen LogP contribution < -0.4 is 19.8 Å². The Morgan fingerprint density at radius 3 is 2.48 bits per heavy atom. The van der Waals surface area contributed by atoms with Gasteiger partial charge in [-0.2, -0.15) is 0 Å². The molecule has 1 aromatic heterocycles. The molecule has 1 N–H and O–H groups in total. The van der Waals surface area contributed by atoms with Gasteiger partial charge in [0.2, 0.25) is 5.43 Å². The van der Waals surface area contributed by atoms with E-state index in [4.69, 9.17) is 9.47 Å². The van der Waals surface area contributed by atoms with E-state index in [0.29, 0.717) is 5.69 Å². The Morgan fingerprint density at radius 2 is 1.80 bits per heavy atom. The van der Waals surface area contributed by atoms with E-state index < -0.39 is 0 Å². The van der Waals surface area contributed by atoms with Gasteiger partial charge in [0.1, 0.15) is 22.8 Å². The molecule has 0 aliphatic carbocycles. The fourth-order valence-electron chi connectivity index (χ4n) is 3.03. The zero-order chi connectivity index (χ0) is 17.9. The van der Waals surface area contributed by atoms with E-state index in [-0.39, 0.29) is 17.3 Å². The maximum Gasteiger partial charge on any atom is 0.204 e. The first-order chi connectivity index (χ1) is 11.9. The average molecular weight is 342 g/mol. The number of aromatic amines is 1. The number of hydrogen-bond donors (Lipinski definition) is 1. The molecular weight excluding hydrogens is 316 g/mol. The van der Waals surface area contributed by atoms with Crippen LogP contribution in [-0.2, 0) is 0 Å². The molecule has 5 heteroatoms. The molecule has 1 unspecified atom stereocenters. The molecule has 1 saturated heterocycles. The fourth-order valence-corrected chi connectivity index (χ4v) is 3.03. The monoisotopic (exact) mass is 342 g/mol. The number of ether oxygens (including phenoxy) is 2. The van der Waals surface area contributed by atoms with E-state index in [9.17, 15) is 4.79 Å². The van der Waals surface area contributed by atoms with Crippen molar-refractivity contribution in [2.75, 3.05) is 11.4 Å². The predicted octanol–water partition coefficient (Wildman–Crippen LogP) is 3.95. The molecule has 134 valence electrons. The Kier molecular flexibility index (Phi) is 5.02. The zero-order valence-corrected chi connectivity index (χ0v) is 15.1. The van der Waals surface area contributed by atoms with Crippen LogP contribution in [0.5, 0.6) is 11.5 Å². The first-order valence-corrected chi connectivity index (χ1v) is 8.82. The van der Waals surface area contributed by atoms with Crippen LogP contribution in [-0.4, -0.2) is 23.4 Å². The normalized spacial score (nSPS) is 18.0. The average Bonchev–Trinajstić information content (AvgIpc) is 2.57. The minimum Gasteiger partial charge on any atom is -0.488 e. The first kappa shape index (κ1) is 17.4. The highest BCUT2D eigenvalue weighted by Gasteiger charge is 2.26. The summed E-state index contributed by atoms with van der Waals surface area (Å²) in [7, 11) is 0. The highest BCUT2D eigenvalue weighted by molar-refractivity contribution is 5.45. The number of nitrogens with one attached hydrogen (secondary N) is 1. The van der Waals surface area contributed by atoms with Crippen molar-refractivity contribution in [3.8, 4) is 11.5 Å². The Bertz CT molecular complexity index is 747. The summed E-state index contributed by atoms with van der Waals surface area (Å²) in [5.74, 6) is 1.60. The van der Waals surface area contributed by atoms with Crippen LogP contribution >= 0.6 is 0 Å². The lowest BCUT2D eigenvalue weighted by molar-refractivity contribution is 0.130. The van der Waals surface area contributed by atoms with Crippen molar-refractivity contribution in [2.45, 2.75) is 51.9 Å². The molecule has 1 aliphatic heterocycles. The quantitative estimate of drug-likeness (QED) is 0.914.